The molecular weight excluding hydrogens is 499 g/mol. The van der Waals surface area contributed by atoms with E-state index in [0.717, 1.165) is 6.54 Å². The van der Waals surface area contributed by atoms with Crippen molar-refractivity contribution >= 4 is 58.8 Å². The van der Waals surface area contributed by atoms with Gasteiger partial charge in [-0.3, -0.25) is 19.3 Å². The summed E-state index contributed by atoms with van der Waals surface area (Å²) in [6.07, 6.45) is 0.710. The van der Waals surface area contributed by atoms with Crippen molar-refractivity contribution in [3.63, 3.8) is 0 Å². The molecule has 0 bridgehead atoms. The van der Waals surface area contributed by atoms with E-state index in [9.17, 15) is 14.4 Å². The standard InChI is InChI=1S/C27H27ClN4O3.ClH/c1-30(2)15-8-16-31(27(35)19-9-4-3-5-10-19)18-25(33)32-23-12-7-6-11-21(23)26(34)29-22-17-20(28)13-14-24(22)32;/h3-7,9-14,17H,8,15-16,18H2,1-2H3,(H,29,34);1H. The van der Waals surface area contributed by atoms with Gasteiger partial charge in [0.15, 0.2) is 0 Å². The summed E-state index contributed by atoms with van der Waals surface area (Å²) in [5.74, 6) is -0.874. The summed E-state index contributed by atoms with van der Waals surface area (Å²) in [5, 5.41) is 3.29. The fourth-order valence-corrected chi connectivity index (χ4v) is 4.25. The predicted octanol–water partition coefficient (Wildman–Crippen LogP) is 5.09. The Kier molecular flexibility index (Phi) is 9.09. The Balaban J connectivity index is 0.00000361. The van der Waals surface area contributed by atoms with E-state index < -0.39 is 0 Å². The number of benzene rings is 3. The Morgan fingerprint density at radius 2 is 1.61 bits per heavy atom. The number of nitrogens with zero attached hydrogens (tertiary/aromatic N) is 3. The van der Waals surface area contributed by atoms with Gasteiger partial charge < -0.3 is 15.1 Å². The number of nitrogens with one attached hydrogen (secondary N) is 1. The zero-order valence-electron chi connectivity index (χ0n) is 20.1. The molecule has 0 aromatic heterocycles. The van der Waals surface area contributed by atoms with E-state index in [-0.39, 0.29) is 36.7 Å². The van der Waals surface area contributed by atoms with Crippen LogP contribution >= 0.6 is 24.0 Å². The monoisotopic (exact) mass is 526 g/mol. The van der Waals surface area contributed by atoms with E-state index in [1.54, 1.807) is 71.6 Å². The summed E-state index contributed by atoms with van der Waals surface area (Å²) in [5.41, 5.74) is 2.27. The minimum atomic E-state index is -0.331. The third-order valence-electron chi connectivity index (χ3n) is 5.75. The minimum absolute atomic E-state index is 0. The zero-order valence-corrected chi connectivity index (χ0v) is 21.7. The average molecular weight is 527 g/mol. The van der Waals surface area contributed by atoms with Crippen LogP contribution < -0.4 is 10.2 Å². The topological polar surface area (TPSA) is 73.0 Å². The highest BCUT2D eigenvalue weighted by Crippen LogP contribution is 2.39. The number of carbonyl (C=O) groups is 3. The fourth-order valence-electron chi connectivity index (χ4n) is 4.08. The van der Waals surface area contributed by atoms with Crippen LogP contribution in [0, 0.1) is 0 Å². The molecule has 0 saturated heterocycles. The van der Waals surface area contributed by atoms with Crippen molar-refractivity contribution in [2.24, 2.45) is 0 Å². The normalized spacial score (nSPS) is 12.1. The Morgan fingerprint density at radius 3 is 2.33 bits per heavy atom. The molecule has 0 spiro atoms. The molecule has 3 aromatic rings. The summed E-state index contributed by atoms with van der Waals surface area (Å²) < 4.78 is 0. The Morgan fingerprint density at radius 1 is 0.917 bits per heavy atom. The van der Waals surface area contributed by atoms with Crippen LogP contribution in [0.4, 0.5) is 17.1 Å². The second kappa shape index (κ2) is 12.0. The molecule has 4 rings (SSSR count). The van der Waals surface area contributed by atoms with Crippen LogP contribution in [-0.4, -0.2) is 61.3 Å². The molecule has 0 saturated carbocycles. The minimum Gasteiger partial charge on any atom is -0.329 e. The second-order valence-electron chi connectivity index (χ2n) is 8.61. The van der Waals surface area contributed by atoms with E-state index in [0.29, 0.717) is 46.2 Å². The summed E-state index contributed by atoms with van der Waals surface area (Å²) >= 11 is 6.18. The van der Waals surface area contributed by atoms with Crippen molar-refractivity contribution in [2.45, 2.75) is 6.42 Å². The lowest BCUT2D eigenvalue weighted by molar-refractivity contribution is -0.118. The number of para-hydroxylation sites is 1. The SMILES string of the molecule is CN(C)CCCN(CC(=O)N1c2ccc(Cl)cc2NC(=O)c2ccccc21)C(=O)c1ccccc1.Cl. The third kappa shape index (κ3) is 6.05. The molecule has 0 unspecified atom stereocenters. The molecule has 3 aromatic carbocycles. The van der Waals surface area contributed by atoms with E-state index >= 15 is 0 Å². The lowest BCUT2D eigenvalue weighted by Gasteiger charge is -2.29. The maximum absolute atomic E-state index is 13.9. The van der Waals surface area contributed by atoms with Crippen LogP contribution in [0.5, 0.6) is 0 Å². The van der Waals surface area contributed by atoms with Crippen LogP contribution in [0.15, 0.2) is 72.8 Å². The van der Waals surface area contributed by atoms with Crippen LogP contribution in [0.1, 0.15) is 27.1 Å². The highest BCUT2D eigenvalue weighted by molar-refractivity contribution is 6.31. The molecule has 1 N–H and O–H groups in total. The van der Waals surface area contributed by atoms with Crippen molar-refractivity contribution in [1.29, 1.82) is 0 Å². The van der Waals surface area contributed by atoms with Gasteiger partial charge in [-0.1, -0.05) is 41.9 Å². The zero-order chi connectivity index (χ0) is 24.9. The number of rotatable bonds is 7. The number of halogens is 2. The first-order valence-corrected chi connectivity index (χ1v) is 11.7. The Bertz CT molecular complexity index is 1250. The lowest BCUT2D eigenvalue weighted by Crippen LogP contribution is -2.42. The maximum Gasteiger partial charge on any atom is 0.257 e. The van der Waals surface area contributed by atoms with Gasteiger partial charge in [-0.25, -0.2) is 0 Å². The lowest BCUT2D eigenvalue weighted by atomic mass is 10.1. The van der Waals surface area contributed by atoms with Gasteiger partial charge >= 0.3 is 0 Å². The van der Waals surface area contributed by atoms with E-state index in [1.165, 1.54) is 4.90 Å². The van der Waals surface area contributed by atoms with Crippen molar-refractivity contribution < 1.29 is 14.4 Å². The largest absolute Gasteiger partial charge is 0.329 e. The van der Waals surface area contributed by atoms with Crippen LogP contribution in [0.2, 0.25) is 5.02 Å². The van der Waals surface area contributed by atoms with Crippen molar-refractivity contribution in [3.8, 4) is 0 Å². The molecule has 1 aliphatic heterocycles. The van der Waals surface area contributed by atoms with Gasteiger partial charge in [-0.15, -0.1) is 12.4 Å². The summed E-state index contributed by atoms with van der Waals surface area (Å²) in [6, 6.07) is 20.8. The first-order valence-electron chi connectivity index (χ1n) is 11.4. The smallest absolute Gasteiger partial charge is 0.257 e. The van der Waals surface area contributed by atoms with Gasteiger partial charge in [0.2, 0.25) is 0 Å². The number of hydrogen-bond acceptors (Lipinski definition) is 4. The molecule has 9 heteroatoms. The van der Waals surface area contributed by atoms with Gasteiger partial charge in [-0.2, -0.15) is 0 Å². The van der Waals surface area contributed by atoms with Crippen molar-refractivity contribution in [1.82, 2.24) is 9.80 Å². The van der Waals surface area contributed by atoms with E-state index in [4.69, 9.17) is 11.6 Å². The van der Waals surface area contributed by atoms with Gasteiger partial charge in [0.05, 0.1) is 22.6 Å². The molecule has 0 fully saturated rings. The van der Waals surface area contributed by atoms with Gasteiger partial charge in [0, 0.05) is 17.1 Å². The van der Waals surface area contributed by atoms with Gasteiger partial charge in [0.25, 0.3) is 17.7 Å². The van der Waals surface area contributed by atoms with Crippen LogP contribution in [0.3, 0.4) is 0 Å². The molecule has 188 valence electrons. The Hall–Kier alpha value is -3.39. The molecular formula is C27H28Cl2N4O3. The van der Waals surface area contributed by atoms with Crippen molar-refractivity contribution in [2.75, 3.05) is 43.9 Å². The van der Waals surface area contributed by atoms with Crippen LogP contribution in [0.25, 0.3) is 0 Å². The van der Waals surface area contributed by atoms with E-state index in [1.807, 2.05) is 25.1 Å². The molecule has 3 amide bonds. The first kappa shape index (κ1) is 27.2. The molecule has 0 aliphatic carbocycles. The predicted molar refractivity (Wildman–Crippen MR) is 146 cm³/mol. The molecule has 0 radical (unpaired) electrons. The summed E-state index contributed by atoms with van der Waals surface area (Å²) in [6.45, 7) is 1.04. The van der Waals surface area contributed by atoms with Gasteiger partial charge in [0.1, 0.15) is 6.54 Å². The highest BCUT2D eigenvalue weighted by atomic mass is 35.5. The Labute approximate surface area is 222 Å². The quantitative estimate of drug-likeness (QED) is 0.465. The molecule has 1 aliphatic rings. The molecule has 1 heterocycles. The first-order chi connectivity index (χ1) is 16.8. The number of hydrogen-bond donors (Lipinski definition) is 1. The molecule has 36 heavy (non-hydrogen) atoms. The van der Waals surface area contributed by atoms with Crippen molar-refractivity contribution in [3.05, 3.63) is 88.9 Å². The number of fused-ring (bicyclic) bond motifs is 2. The fraction of sp³-hybridized carbons (Fsp3) is 0.222. The maximum atomic E-state index is 13.9. The highest BCUT2D eigenvalue weighted by Gasteiger charge is 2.31. The number of amides is 3. The van der Waals surface area contributed by atoms with Crippen LogP contribution in [-0.2, 0) is 4.79 Å². The van der Waals surface area contributed by atoms with E-state index in [2.05, 4.69) is 5.32 Å². The van der Waals surface area contributed by atoms with Gasteiger partial charge in [-0.05, 0) is 69.5 Å². The summed E-state index contributed by atoms with van der Waals surface area (Å²) in [7, 11) is 3.93. The summed E-state index contributed by atoms with van der Waals surface area (Å²) in [4.78, 5) is 45.2. The second-order valence-corrected chi connectivity index (χ2v) is 9.05. The third-order valence-corrected chi connectivity index (χ3v) is 5.99. The average Bonchev–Trinajstić information content (AvgIpc) is 2.96. The molecule has 7 nitrogen and oxygen atoms in total. The molecule has 0 atom stereocenters. The number of carbonyl (C=O) groups excluding carboxylic acids is 3. The number of anilines is 3.